The zero-order valence-corrected chi connectivity index (χ0v) is 19.8. The molecule has 6 nitrogen and oxygen atoms in total. The van der Waals surface area contributed by atoms with Crippen molar-refractivity contribution in [1.82, 2.24) is 0 Å². The first-order valence-electron chi connectivity index (χ1n) is 10.8. The summed E-state index contributed by atoms with van der Waals surface area (Å²) >= 11 is 6.17. The lowest BCUT2D eigenvalue weighted by Crippen LogP contribution is -2.29. The summed E-state index contributed by atoms with van der Waals surface area (Å²) in [6, 6.07) is 15.8. The minimum Gasteiger partial charge on any atom is -0.507 e. The number of hydrogen-bond donors (Lipinski definition) is 2. The predicted octanol–water partition coefficient (Wildman–Crippen LogP) is 5.69. The van der Waals surface area contributed by atoms with Crippen molar-refractivity contribution < 1.29 is 24.5 Å². The van der Waals surface area contributed by atoms with Gasteiger partial charge in [-0.25, -0.2) is 0 Å². The SMILES string of the molecule is CCOc1ccc(/C(O)=C2/C(=O)C(=O)N(c3cc(C)cc(C)c3)C2c2ccc(O)c(Cl)c2)cc1. The predicted molar refractivity (Wildman–Crippen MR) is 131 cm³/mol. The highest BCUT2D eigenvalue weighted by atomic mass is 35.5. The number of aromatic hydroxyl groups is 1. The number of carbonyl (C=O) groups is 2. The largest absolute Gasteiger partial charge is 0.507 e. The lowest BCUT2D eigenvalue weighted by molar-refractivity contribution is -0.132. The molecule has 1 unspecified atom stereocenters. The summed E-state index contributed by atoms with van der Waals surface area (Å²) in [4.78, 5) is 27.9. The van der Waals surface area contributed by atoms with Crippen LogP contribution < -0.4 is 9.64 Å². The smallest absolute Gasteiger partial charge is 0.300 e. The lowest BCUT2D eigenvalue weighted by atomic mass is 9.95. The molecule has 7 heteroatoms. The molecule has 1 aliphatic rings. The molecule has 1 atom stereocenters. The van der Waals surface area contributed by atoms with Crippen molar-refractivity contribution in [3.05, 3.63) is 93.5 Å². The molecule has 4 rings (SSSR count). The molecule has 0 spiro atoms. The Morgan fingerprint density at radius 3 is 2.24 bits per heavy atom. The summed E-state index contributed by atoms with van der Waals surface area (Å²) in [7, 11) is 0. The van der Waals surface area contributed by atoms with Crippen LogP contribution in [-0.2, 0) is 9.59 Å². The Labute approximate surface area is 202 Å². The topological polar surface area (TPSA) is 87.1 Å². The normalized spacial score (nSPS) is 17.3. The minimum atomic E-state index is -0.939. The van der Waals surface area contributed by atoms with Gasteiger partial charge in [0.1, 0.15) is 17.3 Å². The van der Waals surface area contributed by atoms with Gasteiger partial charge in [-0.05, 0) is 86.0 Å². The van der Waals surface area contributed by atoms with E-state index in [0.29, 0.717) is 29.2 Å². The van der Waals surface area contributed by atoms with E-state index in [1.54, 1.807) is 30.3 Å². The molecule has 34 heavy (non-hydrogen) atoms. The molecule has 0 bridgehead atoms. The number of aliphatic hydroxyl groups is 1. The first kappa shape index (κ1) is 23.4. The van der Waals surface area contributed by atoms with Crippen molar-refractivity contribution in [2.75, 3.05) is 11.5 Å². The second-order valence-electron chi connectivity index (χ2n) is 8.18. The first-order chi connectivity index (χ1) is 16.2. The first-order valence-corrected chi connectivity index (χ1v) is 11.2. The van der Waals surface area contributed by atoms with Gasteiger partial charge in [0.25, 0.3) is 11.7 Å². The summed E-state index contributed by atoms with van der Waals surface area (Å²) in [6.07, 6.45) is 0. The molecular weight excluding hydrogens is 454 g/mol. The van der Waals surface area contributed by atoms with Crippen LogP contribution in [0.5, 0.6) is 11.5 Å². The van der Waals surface area contributed by atoms with Gasteiger partial charge in [-0.3, -0.25) is 14.5 Å². The summed E-state index contributed by atoms with van der Waals surface area (Å²) in [5.74, 6) is -1.37. The zero-order chi connectivity index (χ0) is 24.6. The number of hydrogen-bond acceptors (Lipinski definition) is 5. The van der Waals surface area contributed by atoms with Crippen LogP contribution in [0.25, 0.3) is 5.76 Å². The average Bonchev–Trinajstić information content (AvgIpc) is 3.06. The third-order valence-corrected chi connectivity index (χ3v) is 5.96. The zero-order valence-electron chi connectivity index (χ0n) is 19.0. The number of rotatable bonds is 5. The molecule has 0 aromatic heterocycles. The third kappa shape index (κ3) is 4.24. The van der Waals surface area contributed by atoms with Gasteiger partial charge in [-0.15, -0.1) is 0 Å². The van der Waals surface area contributed by atoms with E-state index in [2.05, 4.69) is 0 Å². The van der Waals surface area contributed by atoms with Crippen molar-refractivity contribution in [2.45, 2.75) is 26.8 Å². The van der Waals surface area contributed by atoms with E-state index in [1.807, 2.05) is 39.0 Å². The molecule has 0 radical (unpaired) electrons. The van der Waals surface area contributed by atoms with Gasteiger partial charge in [0.2, 0.25) is 0 Å². The number of halogens is 1. The van der Waals surface area contributed by atoms with Crippen molar-refractivity contribution in [1.29, 1.82) is 0 Å². The minimum absolute atomic E-state index is 0.0601. The van der Waals surface area contributed by atoms with Crippen LogP contribution in [0, 0.1) is 13.8 Å². The van der Waals surface area contributed by atoms with E-state index in [4.69, 9.17) is 16.3 Å². The molecule has 174 valence electrons. The van der Waals surface area contributed by atoms with E-state index in [-0.39, 0.29) is 22.1 Å². The average molecular weight is 478 g/mol. The summed E-state index contributed by atoms with van der Waals surface area (Å²) in [5.41, 5.74) is 3.16. The number of aliphatic hydroxyl groups excluding tert-OH is 1. The highest BCUT2D eigenvalue weighted by molar-refractivity contribution is 6.51. The van der Waals surface area contributed by atoms with E-state index >= 15 is 0 Å². The van der Waals surface area contributed by atoms with E-state index in [1.165, 1.54) is 17.0 Å². The number of anilines is 1. The number of aryl methyl sites for hydroxylation is 2. The van der Waals surface area contributed by atoms with Crippen molar-refractivity contribution >= 4 is 34.7 Å². The number of phenols is 1. The number of amides is 1. The molecule has 1 heterocycles. The van der Waals surface area contributed by atoms with Gasteiger partial charge in [0, 0.05) is 11.3 Å². The Kier molecular flexibility index (Phi) is 6.35. The van der Waals surface area contributed by atoms with Gasteiger partial charge in [-0.2, -0.15) is 0 Å². The fraction of sp³-hybridized carbons (Fsp3) is 0.185. The van der Waals surface area contributed by atoms with Crippen LogP contribution in [0.1, 0.15) is 35.2 Å². The van der Waals surface area contributed by atoms with Crippen molar-refractivity contribution in [2.24, 2.45) is 0 Å². The van der Waals surface area contributed by atoms with E-state index in [9.17, 15) is 19.8 Å². The van der Waals surface area contributed by atoms with Crippen LogP contribution in [0.3, 0.4) is 0 Å². The Bertz CT molecular complexity index is 1290. The highest BCUT2D eigenvalue weighted by Gasteiger charge is 2.47. The van der Waals surface area contributed by atoms with Crippen LogP contribution in [0.4, 0.5) is 5.69 Å². The Hall–Kier alpha value is -3.77. The maximum absolute atomic E-state index is 13.3. The summed E-state index contributed by atoms with van der Waals surface area (Å²) in [6.45, 7) is 6.16. The quantitative estimate of drug-likeness (QED) is 0.280. The van der Waals surface area contributed by atoms with Crippen LogP contribution in [-0.4, -0.2) is 28.5 Å². The number of Topliss-reactive ketones (excluding diaryl/α,β-unsaturated/α-hetero) is 1. The van der Waals surface area contributed by atoms with Crippen molar-refractivity contribution in [3.63, 3.8) is 0 Å². The molecule has 3 aromatic rings. The molecule has 0 saturated carbocycles. The Morgan fingerprint density at radius 1 is 1.00 bits per heavy atom. The lowest BCUT2D eigenvalue weighted by Gasteiger charge is -2.26. The third-order valence-electron chi connectivity index (χ3n) is 5.66. The second-order valence-corrected chi connectivity index (χ2v) is 8.59. The number of phenolic OH excluding ortho intramolecular Hbond substituents is 1. The molecule has 2 N–H and O–H groups in total. The van der Waals surface area contributed by atoms with Crippen LogP contribution in [0.15, 0.2) is 66.2 Å². The van der Waals surface area contributed by atoms with Gasteiger partial charge < -0.3 is 14.9 Å². The number of benzene rings is 3. The molecule has 1 aliphatic heterocycles. The molecule has 1 saturated heterocycles. The van der Waals surface area contributed by atoms with Gasteiger partial charge >= 0.3 is 0 Å². The number of ketones is 1. The van der Waals surface area contributed by atoms with Gasteiger partial charge in [0.15, 0.2) is 0 Å². The van der Waals surface area contributed by atoms with Gasteiger partial charge in [0.05, 0.1) is 23.2 Å². The number of ether oxygens (including phenoxy) is 1. The van der Waals surface area contributed by atoms with Gasteiger partial charge in [-0.1, -0.05) is 23.7 Å². The van der Waals surface area contributed by atoms with E-state index in [0.717, 1.165) is 11.1 Å². The molecule has 0 aliphatic carbocycles. The molecular formula is C27H24ClNO5. The fourth-order valence-corrected chi connectivity index (χ4v) is 4.42. The van der Waals surface area contributed by atoms with E-state index < -0.39 is 17.7 Å². The Morgan fingerprint density at radius 2 is 1.65 bits per heavy atom. The fourth-order valence-electron chi connectivity index (χ4n) is 4.23. The number of carbonyl (C=O) groups excluding carboxylic acids is 2. The maximum atomic E-state index is 13.3. The summed E-state index contributed by atoms with van der Waals surface area (Å²) in [5, 5.41) is 21.2. The molecule has 1 amide bonds. The maximum Gasteiger partial charge on any atom is 0.300 e. The Balaban J connectivity index is 1.93. The highest BCUT2D eigenvalue weighted by Crippen LogP contribution is 2.44. The monoisotopic (exact) mass is 477 g/mol. The van der Waals surface area contributed by atoms with Crippen LogP contribution >= 0.6 is 11.6 Å². The summed E-state index contributed by atoms with van der Waals surface area (Å²) < 4.78 is 5.45. The number of nitrogens with zero attached hydrogens (tertiary/aromatic N) is 1. The van der Waals surface area contributed by atoms with Crippen LogP contribution in [0.2, 0.25) is 5.02 Å². The van der Waals surface area contributed by atoms with Crippen molar-refractivity contribution in [3.8, 4) is 11.5 Å². The standard InChI is InChI=1S/C27H24ClNO5/c1-4-34-20-8-5-17(6-9-20)25(31)23-24(18-7-10-22(30)21(28)14-18)29(27(33)26(23)32)19-12-15(2)11-16(3)13-19/h5-14,24,30-31H,4H2,1-3H3/b25-23-. The molecule has 3 aromatic carbocycles. The molecule has 1 fully saturated rings. The second kappa shape index (κ2) is 9.23.